The molecule has 1 aromatic heterocycles. The topological polar surface area (TPSA) is 82.9 Å². The molecule has 2 aliphatic rings. The van der Waals surface area contributed by atoms with Crippen LogP contribution in [0.4, 0.5) is 26.1 Å². The number of hydrogen-bond donors (Lipinski definition) is 2. The Morgan fingerprint density at radius 3 is 2.51 bits per heavy atom. The van der Waals surface area contributed by atoms with Crippen LogP contribution in [0.3, 0.4) is 0 Å². The molecule has 5 rings (SSSR count). The lowest BCUT2D eigenvalue weighted by Crippen LogP contribution is -2.40. The normalized spacial score (nSPS) is 17.9. The Labute approximate surface area is 214 Å². The molecule has 0 amide bonds. The zero-order valence-electron chi connectivity index (χ0n) is 21.4. The Balaban J connectivity index is 1.56. The first-order valence-corrected chi connectivity index (χ1v) is 12.8. The fourth-order valence-corrected chi connectivity index (χ4v) is 5.28. The summed E-state index contributed by atoms with van der Waals surface area (Å²) < 4.78 is 36.4. The lowest BCUT2D eigenvalue weighted by atomic mass is 10.0. The van der Waals surface area contributed by atoms with Gasteiger partial charge in [-0.05, 0) is 50.5 Å². The van der Waals surface area contributed by atoms with Gasteiger partial charge in [-0.15, -0.1) is 0 Å². The molecule has 10 heteroatoms. The molecule has 2 aliphatic heterocycles. The first kappa shape index (κ1) is 25.4. The van der Waals surface area contributed by atoms with Gasteiger partial charge in [-0.1, -0.05) is 6.07 Å². The van der Waals surface area contributed by atoms with E-state index in [1.165, 1.54) is 0 Å². The Hall–Kier alpha value is -3.24. The van der Waals surface area contributed by atoms with Crippen molar-refractivity contribution < 1.29 is 18.6 Å². The molecule has 0 bridgehead atoms. The summed E-state index contributed by atoms with van der Waals surface area (Å²) >= 11 is 0. The Kier molecular flexibility index (Phi) is 7.04. The van der Waals surface area contributed by atoms with Crippen molar-refractivity contribution in [3.05, 3.63) is 57.4 Å². The third-order valence-electron chi connectivity index (χ3n) is 7.31. The van der Waals surface area contributed by atoms with Crippen LogP contribution < -0.4 is 20.7 Å². The number of benzene rings is 2. The SMILES string of the molecule is Cc1cc([C@@H](C)Nc2ccc(F)c(F)c2N2CCC(O)CC2)c2nc(N3CCOCC3)n(C)c(=O)c2c1. The van der Waals surface area contributed by atoms with E-state index in [0.717, 1.165) is 17.2 Å². The summed E-state index contributed by atoms with van der Waals surface area (Å²) in [4.78, 5) is 22.1. The lowest BCUT2D eigenvalue weighted by Gasteiger charge is -2.34. The van der Waals surface area contributed by atoms with E-state index < -0.39 is 17.7 Å². The van der Waals surface area contributed by atoms with Crippen LogP contribution in [-0.2, 0) is 11.8 Å². The molecule has 0 spiro atoms. The van der Waals surface area contributed by atoms with Crippen molar-refractivity contribution >= 4 is 28.2 Å². The summed E-state index contributed by atoms with van der Waals surface area (Å²) in [6.45, 7) is 7.13. The second-order valence-electron chi connectivity index (χ2n) is 9.97. The Bertz CT molecular complexity index is 1360. The molecule has 198 valence electrons. The van der Waals surface area contributed by atoms with E-state index in [0.29, 0.717) is 74.8 Å². The smallest absolute Gasteiger partial charge is 0.262 e. The van der Waals surface area contributed by atoms with Gasteiger partial charge in [0.15, 0.2) is 11.6 Å². The molecule has 8 nitrogen and oxygen atoms in total. The first-order chi connectivity index (χ1) is 17.7. The summed E-state index contributed by atoms with van der Waals surface area (Å²) in [7, 11) is 1.73. The maximum Gasteiger partial charge on any atom is 0.262 e. The number of aliphatic hydroxyl groups is 1. The Morgan fingerprint density at radius 2 is 1.81 bits per heavy atom. The number of rotatable bonds is 5. The zero-order chi connectivity index (χ0) is 26.3. The van der Waals surface area contributed by atoms with Gasteiger partial charge in [0, 0.05) is 38.8 Å². The van der Waals surface area contributed by atoms with E-state index >= 15 is 4.39 Å². The fraction of sp³-hybridized carbons (Fsp3) is 0.481. The van der Waals surface area contributed by atoms with E-state index in [9.17, 15) is 14.3 Å². The summed E-state index contributed by atoms with van der Waals surface area (Å²) in [5.74, 6) is -1.25. The highest BCUT2D eigenvalue weighted by molar-refractivity contribution is 5.84. The molecule has 0 aliphatic carbocycles. The fourth-order valence-electron chi connectivity index (χ4n) is 5.28. The van der Waals surface area contributed by atoms with Crippen LogP contribution in [0.1, 0.15) is 36.9 Å². The third-order valence-corrected chi connectivity index (χ3v) is 7.31. The number of anilines is 3. The monoisotopic (exact) mass is 513 g/mol. The highest BCUT2D eigenvalue weighted by Crippen LogP contribution is 2.36. The van der Waals surface area contributed by atoms with Crippen LogP contribution in [0.25, 0.3) is 10.9 Å². The largest absolute Gasteiger partial charge is 0.393 e. The Morgan fingerprint density at radius 1 is 1.11 bits per heavy atom. The van der Waals surface area contributed by atoms with Crippen LogP contribution in [0.5, 0.6) is 0 Å². The van der Waals surface area contributed by atoms with Crippen molar-refractivity contribution in [3.63, 3.8) is 0 Å². The molecular formula is C27H33F2N5O3. The highest BCUT2D eigenvalue weighted by atomic mass is 19.2. The van der Waals surface area contributed by atoms with Gasteiger partial charge in [-0.2, -0.15) is 0 Å². The maximum absolute atomic E-state index is 15.1. The minimum Gasteiger partial charge on any atom is -0.393 e. The van der Waals surface area contributed by atoms with Gasteiger partial charge < -0.3 is 25.0 Å². The number of hydrogen-bond acceptors (Lipinski definition) is 7. The van der Waals surface area contributed by atoms with E-state index in [1.54, 1.807) is 22.6 Å². The summed E-state index contributed by atoms with van der Waals surface area (Å²) in [6, 6.07) is 6.11. The molecule has 0 saturated carbocycles. The van der Waals surface area contributed by atoms with Crippen molar-refractivity contribution in [2.24, 2.45) is 7.05 Å². The van der Waals surface area contributed by atoms with Crippen LogP contribution in [0.2, 0.25) is 0 Å². The number of piperidine rings is 1. The van der Waals surface area contributed by atoms with Gasteiger partial charge in [-0.25, -0.2) is 13.8 Å². The number of fused-ring (bicyclic) bond motifs is 1. The maximum atomic E-state index is 15.1. The molecule has 2 fully saturated rings. The van der Waals surface area contributed by atoms with E-state index in [4.69, 9.17) is 9.72 Å². The molecule has 1 atom stereocenters. The molecule has 0 unspecified atom stereocenters. The molecule has 0 radical (unpaired) electrons. The van der Waals surface area contributed by atoms with Gasteiger partial charge in [0.25, 0.3) is 5.56 Å². The first-order valence-electron chi connectivity index (χ1n) is 12.8. The number of ether oxygens (including phenoxy) is 1. The average Bonchev–Trinajstić information content (AvgIpc) is 2.89. The number of morpholine rings is 1. The van der Waals surface area contributed by atoms with Crippen molar-refractivity contribution in [1.82, 2.24) is 9.55 Å². The summed E-state index contributed by atoms with van der Waals surface area (Å²) in [5.41, 5.74) is 2.77. The predicted octanol–water partition coefficient (Wildman–Crippen LogP) is 3.49. The summed E-state index contributed by atoms with van der Waals surface area (Å²) in [5, 5.41) is 13.8. The van der Waals surface area contributed by atoms with Gasteiger partial charge in [0.05, 0.1) is 47.6 Å². The van der Waals surface area contributed by atoms with E-state index in [1.807, 2.05) is 30.9 Å². The number of aryl methyl sites for hydroxylation is 1. The standard InChI is InChI=1S/C27H33F2N5O3/c1-16-14-19(24-20(15-16)26(36)32(3)27(31-24)34-10-12-37-13-11-34)17(2)30-22-5-4-21(28)23(29)25(22)33-8-6-18(35)7-9-33/h4-5,14-15,17-18,30,35H,6-13H2,1-3H3/t17-/m1/s1. The molecule has 2 N–H and O–H groups in total. The van der Waals surface area contributed by atoms with Crippen LogP contribution >= 0.6 is 0 Å². The van der Waals surface area contributed by atoms with Gasteiger partial charge in [0.1, 0.15) is 0 Å². The second-order valence-corrected chi connectivity index (χ2v) is 9.97. The van der Waals surface area contributed by atoms with Gasteiger partial charge in [0.2, 0.25) is 5.95 Å². The number of nitrogens with one attached hydrogen (secondary N) is 1. The van der Waals surface area contributed by atoms with Crippen LogP contribution in [0.15, 0.2) is 29.1 Å². The quantitative estimate of drug-likeness (QED) is 0.541. The van der Waals surface area contributed by atoms with Crippen molar-refractivity contribution in [3.8, 4) is 0 Å². The van der Waals surface area contributed by atoms with Gasteiger partial charge in [-0.3, -0.25) is 9.36 Å². The number of aliphatic hydroxyl groups excluding tert-OH is 1. The molecule has 37 heavy (non-hydrogen) atoms. The van der Waals surface area contributed by atoms with Crippen molar-refractivity contribution in [2.45, 2.75) is 38.8 Å². The van der Waals surface area contributed by atoms with Crippen LogP contribution in [-0.4, -0.2) is 60.2 Å². The summed E-state index contributed by atoms with van der Waals surface area (Å²) in [6.07, 6.45) is 0.548. The molecule has 2 saturated heterocycles. The predicted molar refractivity (Wildman–Crippen MR) is 141 cm³/mol. The average molecular weight is 514 g/mol. The number of halogens is 2. The molecular weight excluding hydrogens is 480 g/mol. The number of aromatic nitrogens is 2. The van der Waals surface area contributed by atoms with Crippen molar-refractivity contribution in [2.75, 3.05) is 54.5 Å². The molecule has 2 aromatic carbocycles. The zero-order valence-corrected chi connectivity index (χ0v) is 21.4. The van der Waals surface area contributed by atoms with E-state index in [2.05, 4.69) is 5.32 Å². The van der Waals surface area contributed by atoms with E-state index in [-0.39, 0.29) is 17.3 Å². The second kappa shape index (κ2) is 10.3. The minimum atomic E-state index is -0.916. The lowest BCUT2D eigenvalue weighted by molar-refractivity contribution is 0.121. The van der Waals surface area contributed by atoms with Crippen molar-refractivity contribution in [1.29, 1.82) is 0 Å². The molecule has 3 aromatic rings. The van der Waals surface area contributed by atoms with Gasteiger partial charge >= 0.3 is 0 Å². The van der Waals surface area contributed by atoms with Crippen LogP contribution in [0, 0.1) is 18.6 Å². The third kappa shape index (κ3) is 4.87. The molecule has 3 heterocycles. The highest BCUT2D eigenvalue weighted by Gasteiger charge is 2.26. The number of nitrogens with zero attached hydrogens (tertiary/aromatic N) is 4. The minimum absolute atomic E-state index is 0.135.